The number of benzene rings is 1. The summed E-state index contributed by atoms with van der Waals surface area (Å²) in [5, 5.41) is 6.11. The van der Waals surface area contributed by atoms with Crippen molar-refractivity contribution in [2.75, 3.05) is 25.5 Å². The maximum absolute atomic E-state index is 12.4. The summed E-state index contributed by atoms with van der Waals surface area (Å²) < 4.78 is 5.12. The molecule has 1 heterocycles. The highest BCUT2D eigenvalue weighted by Gasteiger charge is 2.27. The first-order chi connectivity index (χ1) is 12.7. The number of hydrogen-bond acceptors (Lipinski definition) is 3. The molecule has 2 aliphatic rings. The Morgan fingerprint density at radius 1 is 1.00 bits per heavy atom. The Kier molecular flexibility index (Phi) is 6.36. The van der Waals surface area contributed by atoms with Crippen LogP contribution in [0.15, 0.2) is 24.3 Å². The fraction of sp³-hybridized carbons (Fsp3) is 0.600. The van der Waals surface area contributed by atoms with Crippen molar-refractivity contribution in [2.24, 2.45) is 5.92 Å². The molecule has 3 rings (SSSR count). The minimum atomic E-state index is -0.0905. The molecular weight excluding hydrogens is 330 g/mol. The first kappa shape index (κ1) is 18.5. The van der Waals surface area contributed by atoms with Gasteiger partial charge in [0.2, 0.25) is 5.91 Å². The van der Waals surface area contributed by atoms with Crippen LogP contribution in [0.3, 0.4) is 0 Å². The van der Waals surface area contributed by atoms with E-state index in [4.69, 9.17) is 4.74 Å². The molecule has 1 aliphatic heterocycles. The van der Waals surface area contributed by atoms with Crippen LogP contribution in [0.5, 0.6) is 5.75 Å². The predicted octanol–water partition coefficient (Wildman–Crippen LogP) is 3.39. The van der Waals surface area contributed by atoms with Gasteiger partial charge in [0.1, 0.15) is 5.75 Å². The van der Waals surface area contributed by atoms with Crippen molar-refractivity contribution in [2.45, 2.75) is 51.0 Å². The Labute approximate surface area is 155 Å². The monoisotopic (exact) mass is 359 g/mol. The maximum atomic E-state index is 12.4. The molecule has 3 amide bonds. The lowest BCUT2D eigenvalue weighted by molar-refractivity contribution is -0.126. The van der Waals surface area contributed by atoms with Gasteiger partial charge >= 0.3 is 6.03 Å². The molecule has 0 spiro atoms. The van der Waals surface area contributed by atoms with E-state index in [2.05, 4.69) is 10.6 Å². The smallest absolute Gasteiger partial charge is 0.321 e. The van der Waals surface area contributed by atoms with Crippen LogP contribution < -0.4 is 15.4 Å². The number of nitrogens with zero attached hydrogens (tertiary/aromatic N) is 1. The van der Waals surface area contributed by atoms with E-state index in [9.17, 15) is 9.59 Å². The fourth-order valence-electron chi connectivity index (χ4n) is 3.79. The Morgan fingerprint density at radius 2 is 1.65 bits per heavy atom. The zero-order valence-electron chi connectivity index (χ0n) is 15.5. The maximum Gasteiger partial charge on any atom is 0.321 e. The SMILES string of the molecule is COc1ccc(NC(=O)N2CCC(NC(=O)C3CCCCC3)CC2)cc1. The highest BCUT2D eigenvalue weighted by molar-refractivity contribution is 5.89. The summed E-state index contributed by atoms with van der Waals surface area (Å²) in [6.45, 7) is 1.33. The van der Waals surface area contributed by atoms with E-state index in [0.717, 1.165) is 37.1 Å². The van der Waals surface area contributed by atoms with Crippen molar-refractivity contribution in [1.82, 2.24) is 10.2 Å². The number of methoxy groups -OCH3 is 1. The molecule has 1 aromatic carbocycles. The standard InChI is InChI=1S/C20H29N3O3/c1-26-18-9-7-16(8-10-18)22-20(25)23-13-11-17(12-14-23)21-19(24)15-5-3-2-4-6-15/h7-10,15,17H,2-6,11-14H2,1H3,(H,21,24)(H,22,25). The van der Waals surface area contributed by atoms with Gasteiger partial charge in [-0.25, -0.2) is 4.79 Å². The van der Waals surface area contributed by atoms with Crippen molar-refractivity contribution in [1.29, 1.82) is 0 Å². The van der Waals surface area contributed by atoms with Gasteiger partial charge in [-0.2, -0.15) is 0 Å². The summed E-state index contributed by atoms with van der Waals surface area (Å²) in [5.74, 6) is 1.17. The molecule has 1 aromatic rings. The number of carbonyl (C=O) groups excluding carboxylic acids is 2. The normalized spacial score (nSPS) is 19.0. The van der Waals surface area contributed by atoms with Gasteiger partial charge in [0.25, 0.3) is 0 Å². The first-order valence-electron chi connectivity index (χ1n) is 9.66. The Bertz CT molecular complexity index is 603. The van der Waals surface area contributed by atoms with Crippen LogP contribution in [0, 0.1) is 5.92 Å². The van der Waals surface area contributed by atoms with Gasteiger partial charge in [0.05, 0.1) is 7.11 Å². The van der Waals surface area contributed by atoms with Crippen molar-refractivity contribution < 1.29 is 14.3 Å². The van der Waals surface area contributed by atoms with E-state index in [-0.39, 0.29) is 23.9 Å². The van der Waals surface area contributed by atoms with Gasteiger partial charge in [0.15, 0.2) is 0 Å². The van der Waals surface area contributed by atoms with Crippen molar-refractivity contribution >= 4 is 17.6 Å². The Morgan fingerprint density at radius 3 is 2.27 bits per heavy atom. The molecule has 0 aromatic heterocycles. The molecule has 6 heteroatoms. The van der Waals surface area contributed by atoms with Gasteiger partial charge < -0.3 is 20.3 Å². The van der Waals surface area contributed by atoms with Crippen LogP contribution in [0.4, 0.5) is 10.5 Å². The molecule has 1 aliphatic carbocycles. The van der Waals surface area contributed by atoms with E-state index >= 15 is 0 Å². The summed E-state index contributed by atoms with van der Waals surface area (Å²) in [5.41, 5.74) is 0.753. The van der Waals surface area contributed by atoms with E-state index in [1.165, 1.54) is 19.3 Å². The van der Waals surface area contributed by atoms with Crippen molar-refractivity contribution in [3.63, 3.8) is 0 Å². The van der Waals surface area contributed by atoms with Gasteiger partial charge in [-0.05, 0) is 49.9 Å². The van der Waals surface area contributed by atoms with E-state index < -0.39 is 0 Å². The minimum Gasteiger partial charge on any atom is -0.497 e. The van der Waals surface area contributed by atoms with Crippen LogP contribution in [0.25, 0.3) is 0 Å². The van der Waals surface area contributed by atoms with Crippen LogP contribution in [0.2, 0.25) is 0 Å². The molecule has 1 saturated heterocycles. The van der Waals surface area contributed by atoms with E-state index in [1.54, 1.807) is 7.11 Å². The molecule has 0 atom stereocenters. The zero-order chi connectivity index (χ0) is 18.4. The summed E-state index contributed by atoms with van der Waals surface area (Å²) in [6.07, 6.45) is 7.27. The number of ether oxygens (including phenoxy) is 1. The third kappa shape index (κ3) is 4.90. The summed E-state index contributed by atoms with van der Waals surface area (Å²) in [7, 11) is 1.62. The van der Waals surface area contributed by atoms with E-state index in [0.29, 0.717) is 13.1 Å². The predicted molar refractivity (Wildman–Crippen MR) is 101 cm³/mol. The highest BCUT2D eigenvalue weighted by atomic mass is 16.5. The molecule has 0 radical (unpaired) electrons. The largest absolute Gasteiger partial charge is 0.497 e. The van der Waals surface area contributed by atoms with E-state index in [1.807, 2.05) is 29.2 Å². The minimum absolute atomic E-state index is 0.0905. The molecule has 0 unspecified atom stereocenters. The lowest BCUT2D eigenvalue weighted by atomic mass is 9.88. The summed E-state index contributed by atoms with van der Waals surface area (Å²) in [4.78, 5) is 26.6. The van der Waals surface area contributed by atoms with Gasteiger partial charge in [-0.3, -0.25) is 4.79 Å². The molecule has 2 N–H and O–H groups in total. The van der Waals surface area contributed by atoms with Gasteiger partial charge in [0, 0.05) is 30.7 Å². The first-order valence-corrected chi connectivity index (χ1v) is 9.66. The second-order valence-electron chi connectivity index (χ2n) is 7.26. The second kappa shape index (κ2) is 8.92. The van der Waals surface area contributed by atoms with Gasteiger partial charge in [-0.15, -0.1) is 0 Å². The number of urea groups is 1. The third-order valence-electron chi connectivity index (χ3n) is 5.45. The molecule has 26 heavy (non-hydrogen) atoms. The lowest BCUT2D eigenvalue weighted by Gasteiger charge is -2.33. The number of piperidine rings is 1. The quantitative estimate of drug-likeness (QED) is 0.866. The van der Waals surface area contributed by atoms with Gasteiger partial charge in [-0.1, -0.05) is 19.3 Å². The lowest BCUT2D eigenvalue weighted by Crippen LogP contribution is -2.49. The third-order valence-corrected chi connectivity index (χ3v) is 5.45. The molecule has 1 saturated carbocycles. The second-order valence-corrected chi connectivity index (χ2v) is 7.26. The van der Waals surface area contributed by atoms with Crippen molar-refractivity contribution in [3.05, 3.63) is 24.3 Å². The average molecular weight is 359 g/mol. The number of amides is 3. The number of rotatable bonds is 4. The van der Waals surface area contributed by atoms with Crippen LogP contribution in [-0.4, -0.2) is 43.1 Å². The topological polar surface area (TPSA) is 70.7 Å². The number of carbonyl (C=O) groups is 2. The molecular formula is C20H29N3O3. The Balaban J connectivity index is 1.42. The molecule has 6 nitrogen and oxygen atoms in total. The molecule has 2 fully saturated rings. The summed E-state index contributed by atoms with van der Waals surface area (Å²) in [6, 6.07) is 7.40. The van der Waals surface area contributed by atoms with Crippen LogP contribution >= 0.6 is 0 Å². The summed E-state index contributed by atoms with van der Waals surface area (Å²) >= 11 is 0. The Hall–Kier alpha value is -2.24. The average Bonchev–Trinajstić information content (AvgIpc) is 2.69. The molecule has 0 bridgehead atoms. The number of nitrogens with one attached hydrogen (secondary N) is 2. The van der Waals surface area contributed by atoms with Crippen molar-refractivity contribution in [3.8, 4) is 5.75 Å². The molecule has 142 valence electrons. The highest BCUT2D eigenvalue weighted by Crippen LogP contribution is 2.24. The fourth-order valence-corrected chi connectivity index (χ4v) is 3.79. The van der Waals surface area contributed by atoms with Crippen LogP contribution in [0.1, 0.15) is 44.9 Å². The number of hydrogen-bond donors (Lipinski definition) is 2. The number of likely N-dealkylation sites (tertiary alicyclic amines) is 1. The zero-order valence-corrected chi connectivity index (χ0v) is 15.5. The number of anilines is 1. The van der Waals surface area contributed by atoms with Crippen LogP contribution in [-0.2, 0) is 4.79 Å².